The van der Waals surface area contributed by atoms with Gasteiger partial charge in [0, 0.05) is 12.0 Å². The average Bonchev–Trinajstić information content (AvgIpc) is 2.37. The van der Waals surface area contributed by atoms with Crippen molar-refractivity contribution in [1.82, 2.24) is 0 Å². The van der Waals surface area contributed by atoms with E-state index >= 15 is 0 Å². The summed E-state index contributed by atoms with van der Waals surface area (Å²) in [7, 11) is 2.89. The molecule has 0 radical (unpaired) electrons. The Morgan fingerprint density at radius 1 is 1.26 bits per heavy atom. The molecule has 1 rings (SSSR count). The number of methoxy groups -OCH3 is 2. The number of nitrogens with zero attached hydrogens (tertiary/aromatic N) is 1. The second-order valence-electron chi connectivity index (χ2n) is 4.61. The Bertz CT molecular complexity index is 459. The highest BCUT2D eigenvalue weighted by atomic mass is 16.6. The molecule has 0 spiro atoms. The van der Waals surface area contributed by atoms with Crippen LogP contribution in [-0.4, -0.2) is 30.4 Å². The van der Waals surface area contributed by atoms with Crippen molar-refractivity contribution in [3.05, 3.63) is 27.8 Å². The van der Waals surface area contributed by atoms with Gasteiger partial charge in [-0.05, 0) is 12.0 Å². The fourth-order valence-electron chi connectivity index (χ4n) is 1.70. The van der Waals surface area contributed by atoms with E-state index in [1.807, 2.05) is 13.8 Å². The standard InChI is InChI=1S/C13H19NO5/c1-8(2)11(15)5-9-6-12(18-3)13(19-4)7-10(9)14(16)17/h6-8,11,15H,5H2,1-4H3. The quantitative estimate of drug-likeness (QED) is 0.632. The molecule has 6 nitrogen and oxygen atoms in total. The Labute approximate surface area is 112 Å². The van der Waals surface area contributed by atoms with Gasteiger partial charge in [-0.15, -0.1) is 0 Å². The molecule has 1 unspecified atom stereocenters. The van der Waals surface area contributed by atoms with E-state index in [0.717, 1.165) is 0 Å². The number of rotatable bonds is 6. The second kappa shape index (κ2) is 6.38. The van der Waals surface area contributed by atoms with Crippen LogP contribution in [0.2, 0.25) is 0 Å². The average molecular weight is 269 g/mol. The number of aliphatic hydroxyl groups excluding tert-OH is 1. The van der Waals surface area contributed by atoms with E-state index in [-0.39, 0.29) is 18.0 Å². The lowest BCUT2D eigenvalue weighted by Crippen LogP contribution is -2.18. The number of hydrogen-bond donors (Lipinski definition) is 1. The highest BCUT2D eigenvalue weighted by molar-refractivity contribution is 5.54. The maximum Gasteiger partial charge on any atom is 0.276 e. The van der Waals surface area contributed by atoms with Crippen LogP contribution in [0.25, 0.3) is 0 Å². The predicted molar refractivity (Wildman–Crippen MR) is 70.7 cm³/mol. The van der Waals surface area contributed by atoms with Crippen molar-refractivity contribution in [2.45, 2.75) is 26.4 Å². The molecule has 0 fully saturated rings. The zero-order chi connectivity index (χ0) is 14.6. The second-order valence-corrected chi connectivity index (χ2v) is 4.61. The van der Waals surface area contributed by atoms with E-state index in [0.29, 0.717) is 17.1 Å². The number of ether oxygens (including phenoxy) is 2. The van der Waals surface area contributed by atoms with E-state index in [2.05, 4.69) is 0 Å². The number of nitro groups is 1. The summed E-state index contributed by atoms with van der Waals surface area (Å²) in [5, 5.41) is 20.9. The lowest BCUT2D eigenvalue weighted by Gasteiger charge is -2.16. The molecule has 1 N–H and O–H groups in total. The van der Waals surface area contributed by atoms with Crippen molar-refractivity contribution in [3.8, 4) is 11.5 Å². The Kier molecular flexibility index (Phi) is 5.11. The molecular formula is C13H19NO5. The molecule has 1 aromatic rings. The molecule has 6 heteroatoms. The molecule has 0 aliphatic rings. The normalized spacial score (nSPS) is 12.3. The van der Waals surface area contributed by atoms with Gasteiger partial charge in [0.15, 0.2) is 11.5 Å². The van der Waals surface area contributed by atoms with E-state index in [1.54, 1.807) is 6.07 Å². The summed E-state index contributed by atoms with van der Waals surface area (Å²) < 4.78 is 10.2. The summed E-state index contributed by atoms with van der Waals surface area (Å²) in [5.74, 6) is 0.740. The minimum absolute atomic E-state index is 0.0210. The van der Waals surface area contributed by atoms with E-state index in [1.165, 1.54) is 20.3 Å². The van der Waals surface area contributed by atoms with Gasteiger partial charge in [0.1, 0.15) is 0 Å². The first kappa shape index (κ1) is 15.2. The molecule has 1 aromatic carbocycles. The van der Waals surface area contributed by atoms with Gasteiger partial charge in [-0.1, -0.05) is 13.8 Å². The molecule has 0 saturated heterocycles. The molecular weight excluding hydrogens is 250 g/mol. The lowest BCUT2D eigenvalue weighted by atomic mass is 9.98. The van der Waals surface area contributed by atoms with Crippen LogP contribution < -0.4 is 9.47 Å². The summed E-state index contributed by atoms with van der Waals surface area (Å²) in [5.41, 5.74) is 0.362. The van der Waals surface area contributed by atoms with Gasteiger partial charge >= 0.3 is 0 Å². The molecule has 1 atom stereocenters. The van der Waals surface area contributed by atoms with Gasteiger partial charge in [-0.3, -0.25) is 10.1 Å². The van der Waals surface area contributed by atoms with Gasteiger partial charge in [-0.25, -0.2) is 0 Å². The third-order valence-electron chi connectivity index (χ3n) is 2.98. The first-order chi connectivity index (χ1) is 8.90. The van der Waals surface area contributed by atoms with Gasteiger partial charge < -0.3 is 14.6 Å². The van der Waals surface area contributed by atoms with E-state index in [9.17, 15) is 15.2 Å². The Balaban J connectivity index is 3.23. The Morgan fingerprint density at radius 2 is 1.79 bits per heavy atom. The molecule has 106 valence electrons. The topological polar surface area (TPSA) is 81.8 Å². The van der Waals surface area contributed by atoms with Crippen molar-refractivity contribution in [1.29, 1.82) is 0 Å². The Morgan fingerprint density at radius 3 is 2.21 bits per heavy atom. The van der Waals surface area contributed by atoms with Crippen LogP contribution in [0.5, 0.6) is 11.5 Å². The fourth-order valence-corrected chi connectivity index (χ4v) is 1.70. The van der Waals surface area contributed by atoms with Crippen LogP contribution in [0.1, 0.15) is 19.4 Å². The molecule has 0 heterocycles. The molecule has 0 aromatic heterocycles. The van der Waals surface area contributed by atoms with Gasteiger partial charge in [0.05, 0.1) is 31.3 Å². The largest absolute Gasteiger partial charge is 0.493 e. The highest BCUT2D eigenvalue weighted by Crippen LogP contribution is 2.35. The van der Waals surface area contributed by atoms with Gasteiger partial charge in [-0.2, -0.15) is 0 Å². The summed E-state index contributed by atoms with van der Waals surface area (Å²) in [6, 6.07) is 2.86. The first-order valence-electron chi connectivity index (χ1n) is 5.98. The highest BCUT2D eigenvalue weighted by Gasteiger charge is 2.22. The van der Waals surface area contributed by atoms with Gasteiger partial charge in [0.25, 0.3) is 5.69 Å². The zero-order valence-electron chi connectivity index (χ0n) is 11.5. The zero-order valence-corrected chi connectivity index (χ0v) is 11.5. The van der Waals surface area contributed by atoms with Crippen LogP contribution in [0.4, 0.5) is 5.69 Å². The summed E-state index contributed by atoms with van der Waals surface area (Å²) in [4.78, 5) is 10.6. The van der Waals surface area contributed by atoms with Crippen molar-refractivity contribution >= 4 is 5.69 Å². The van der Waals surface area contributed by atoms with Crippen molar-refractivity contribution < 1.29 is 19.5 Å². The van der Waals surface area contributed by atoms with Crippen LogP contribution in [0.3, 0.4) is 0 Å². The van der Waals surface area contributed by atoms with Crippen LogP contribution in [0.15, 0.2) is 12.1 Å². The summed E-state index contributed by atoms with van der Waals surface area (Å²) in [6.45, 7) is 3.72. The maximum absolute atomic E-state index is 11.1. The maximum atomic E-state index is 11.1. The lowest BCUT2D eigenvalue weighted by molar-refractivity contribution is -0.385. The smallest absolute Gasteiger partial charge is 0.276 e. The molecule has 0 aliphatic heterocycles. The van der Waals surface area contributed by atoms with Crippen molar-refractivity contribution in [3.63, 3.8) is 0 Å². The van der Waals surface area contributed by atoms with E-state index in [4.69, 9.17) is 9.47 Å². The predicted octanol–water partition coefficient (Wildman–Crippen LogP) is 2.17. The third-order valence-corrected chi connectivity index (χ3v) is 2.98. The molecule has 0 saturated carbocycles. The SMILES string of the molecule is COc1cc(CC(O)C(C)C)c([N+](=O)[O-])cc1OC. The molecule has 0 aliphatic carbocycles. The van der Waals surface area contributed by atoms with Crippen LogP contribution in [-0.2, 0) is 6.42 Å². The first-order valence-corrected chi connectivity index (χ1v) is 5.98. The fraction of sp³-hybridized carbons (Fsp3) is 0.538. The summed E-state index contributed by atoms with van der Waals surface area (Å²) in [6.07, 6.45) is -0.439. The number of nitro benzene ring substituents is 1. The monoisotopic (exact) mass is 269 g/mol. The van der Waals surface area contributed by atoms with Crippen molar-refractivity contribution in [2.75, 3.05) is 14.2 Å². The molecule has 19 heavy (non-hydrogen) atoms. The van der Waals surface area contributed by atoms with Crippen molar-refractivity contribution in [2.24, 2.45) is 5.92 Å². The van der Waals surface area contributed by atoms with E-state index < -0.39 is 11.0 Å². The molecule has 0 bridgehead atoms. The third kappa shape index (κ3) is 3.57. The van der Waals surface area contributed by atoms with Crippen LogP contribution >= 0.6 is 0 Å². The number of aliphatic hydroxyl groups is 1. The molecule has 0 amide bonds. The minimum Gasteiger partial charge on any atom is -0.493 e. The van der Waals surface area contributed by atoms with Gasteiger partial charge in [0.2, 0.25) is 0 Å². The minimum atomic E-state index is -0.642. The Hall–Kier alpha value is -1.82. The number of hydrogen-bond acceptors (Lipinski definition) is 5. The summed E-state index contributed by atoms with van der Waals surface area (Å²) >= 11 is 0. The van der Waals surface area contributed by atoms with Crippen LogP contribution in [0, 0.1) is 16.0 Å². The number of benzene rings is 1.